The highest BCUT2D eigenvalue weighted by Crippen LogP contribution is 2.30. The molecule has 2 aromatic rings. The highest BCUT2D eigenvalue weighted by molar-refractivity contribution is 7.98. The maximum atomic E-state index is 12.7. The van der Waals surface area contributed by atoms with Crippen LogP contribution >= 0.6 is 11.8 Å². The number of aromatic nitrogens is 1. The molecule has 108 valence electrons. The molecule has 1 aromatic heterocycles. The van der Waals surface area contributed by atoms with Crippen LogP contribution in [-0.4, -0.2) is 11.2 Å². The maximum absolute atomic E-state index is 12.7. The van der Waals surface area contributed by atoms with Crippen molar-refractivity contribution < 1.29 is 13.2 Å². The van der Waals surface area contributed by atoms with E-state index in [2.05, 4.69) is 10.3 Å². The first-order chi connectivity index (χ1) is 9.94. The quantitative estimate of drug-likeness (QED) is 0.852. The summed E-state index contributed by atoms with van der Waals surface area (Å²) >= 11 is 1.51. The van der Waals surface area contributed by atoms with Gasteiger partial charge in [-0.15, -0.1) is 11.8 Å². The van der Waals surface area contributed by atoms with Gasteiger partial charge in [0, 0.05) is 10.6 Å². The molecule has 0 atom stereocenters. The zero-order valence-corrected chi connectivity index (χ0v) is 11.7. The van der Waals surface area contributed by atoms with Gasteiger partial charge in [0.15, 0.2) is 0 Å². The molecule has 0 aliphatic rings. The van der Waals surface area contributed by atoms with Crippen molar-refractivity contribution in [3.8, 4) is 6.07 Å². The number of rotatable bonds is 3. The number of thioether (sulfide) groups is 1. The average Bonchev–Trinajstić information content (AvgIpc) is 2.46. The smallest absolute Gasteiger partial charge is 0.339 e. The molecule has 1 aromatic carbocycles. The maximum Gasteiger partial charge on any atom is 0.433 e. The molecule has 2 rings (SSSR count). The molecule has 0 spiro atoms. The molecular formula is C14H10F3N3S. The van der Waals surface area contributed by atoms with E-state index in [9.17, 15) is 13.2 Å². The molecule has 0 amide bonds. The Morgan fingerprint density at radius 3 is 2.62 bits per heavy atom. The number of halogens is 3. The second-order valence-corrected chi connectivity index (χ2v) is 4.94. The van der Waals surface area contributed by atoms with Crippen LogP contribution < -0.4 is 5.32 Å². The van der Waals surface area contributed by atoms with Crippen LogP contribution in [0, 0.1) is 11.3 Å². The summed E-state index contributed by atoms with van der Waals surface area (Å²) in [6.45, 7) is 0. The Balaban J connectivity index is 2.40. The average molecular weight is 309 g/mol. The fourth-order valence-electron chi connectivity index (χ4n) is 1.64. The minimum Gasteiger partial charge on any atom is -0.339 e. The number of pyridine rings is 1. The molecular weight excluding hydrogens is 299 g/mol. The molecule has 0 aliphatic heterocycles. The van der Waals surface area contributed by atoms with Gasteiger partial charge in [0.25, 0.3) is 0 Å². The van der Waals surface area contributed by atoms with Crippen molar-refractivity contribution in [1.29, 1.82) is 5.26 Å². The minimum absolute atomic E-state index is 0.0533. The molecule has 0 radical (unpaired) electrons. The summed E-state index contributed by atoms with van der Waals surface area (Å²) in [6.07, 6.45) is -2.66. The summed E-state index contributed by atoms with van der Waals surface area (Å²) in [4.78, 5) is 4.45. The van der Waals surface area contributed by atoms with E-state index in [1.54, 1.807) is 18.2 Å². The van der Waals surface area contributed by atoms with Crippen LogP contribution in [-0.2, 0) is 6.18 Å². The van der Waals surface area contributed by atoms with Crippen molar-refractivity contribution in [2.24, 2.45) is 0 Å². The van der Waals surface area contributed by atoms with Crippen LogP contribution in [0.1, 0.15) is 11.3 Å². The molecule has 0 saturated heterocycles. The molecule has 1 heterocycles. The Hall–Kier alpha value is -2.20. The lowest BCUT2D eigenvalue weighted by atomic mass is 10.2. The highest BCUT2D eigenvalue weighted by Gasteiger charge is 2.33. The second-order valence-electron chi connectivity index (χ2n) is 4.06. The number of benzene rings is 1. The third-order valence-electron chi connectivity index (χ3n) is 2.64. The van der Waals surface area contributed by atoms with Gasteiger partial charge in [-0.05, 0) is 36.6 Å². The van der Waals surface area contributed by atoms with E-state index in [1.165, 1.54) is 11.8 Å². The van der Waals surface area contributed by atoms with E-state index in [0.29, 0.717) is 5.69 Å². The fourth-order valence-corrected chi connectivity index (χ4v) is 2.10. The Labute approximate surface area is 123 Å². The SMILES string of the molecule is CSc1cccc(Nc2nc(C(F)(F)F)ccc2C#N)c1. The zero-order valence-electron chi connectivity index (χ0n) is 10.9. The Kier molecular flexibility index (Phi) is 4.38. The summed E-state index contributed by atoms with van der Waals surface area (Å²) in [7, 11) is 0. The monoisotopic (exact) mass is 309 g/mol. The first-order valence-corrected chi connectivity index (χ1v) is 7.06. The number of hydrogen-bond donors (Lipinski definition) is 1. The number of nitriles is 1. The first kappa shape index (κ1) is 15.2. The number of hydrogen-bond acceptors (Lipinski definition) is 4. The van der Waals surface area contributed by atoms with Gasteiger partial charge in [-0.3, -0.25) is 0 Å². The van der Waals surface area contributed by atoms with E-state index in [1.807, 2.05) is 18.4 Å². The first-order valence-electron chi connectivity index (χ1n) is 5.83. The van der Waals surface area contributed by atoms with Gasteiger partial charge in [0.2, 0.25) is 0 Å². The summed E-state index contributed by atoms with van der Waals surface area (Å²) in [5.74, 6) is -0.106. The molecule has 3 nitrogen and oxygen atoms in total. The van der Waals surface area contributed by atoms with E-state index in [4.69, 9.17) is 5.26 Å². The summed E-state index contributed by atoms with van der Waals surface area (Å²) in [5, 5.41) is 11.7. The van der Waals surface area contributed by atoms with Crippen molar-refractivity contribution in [3.63, 3.8) is 0 Å². The van der Waals surface area contributed by atoms with Crippen LogP contribution in [0.2, 0.25) is 0 Å². The molecule has 0 bridgehead atoms. The molecule has 0 saturated carbocycles. The number of alkyl halides is 3. The second kappa shape index (κ2) is 6.06. The Morgan fingerprint density at radius 1 is 1.24 bits per heavy atom. The van der Waals surface area contributed by atoms with Crippen molar-refractivity contribution in [2.75, 3.05) is 11.6 Å². The lowest BCUT2D eigenvalue weighted by molar-refractivity contribution is -0.141. The summed E-state index contributed by atoms with van der Waals surface area (Å²) < 4.78 is 38.1. The topological polar surface area (TPSA) is 48.7 Å². The molecule has 0 unspecified atom stereocenters. The van der Waals surface area contributed by atoms with Gasteiger partial charge in [0.05, 0.1) is 5.56 Å². The lowest BCUT2D eigenvalue weighted by Crippen LogP contribution is -2.10. The third kappa shape index (κ3) is 3.67. The number of nitrogens with one attached hydrogen (secondary N) is 1. The van der Waals surface area contributed by atoms with Crippen molar-refractivity contribution in [3.05, 3.63) is 47.7 Å². The van der Waals surface area contributed by atoms with Crippen molar-refractivity contribution in [2.45, 2.75) is 11.1 Å². The van der Waals surface area contributed by atoms with Gasteiger partial charge in [-0.25, -0.2) is 4.98 Å². The van der Waals surface area contributed by atoms with Gasteiger partial charge in [-0.1, -0.05) is 6.07 Å². The predicted octanol–water partition coefficient (Wildman–Crippen LogP) is 4.44. The van der Waals surface area contributed by atoms with E-state index in [-0.39, 0.29) is 11.4 Å². The van der Waals surface area contributed by atoms with Gasteiger partial charge in [0.1, 0.15) is 17.6 Å². The standard InChI is InChI=1S/C14H10F3N3S/c1-21-11-4-2-3-10(7-11)19-13-9(8-18)5-6-12(20-13)14(15,16)17/h2-7H,1H3,(H,19,20). The molecule has 21 heavy (non-hydrogen) atoms. The van der Waals surface area contributed by atoms with Crippen LogP contribution in [0.25, 0.3) is 0 Å². The van der Waals surface area contributed by atoms with Crippen LogP contribution in [0.5, 0.6) is 0 Å². The highest BCUT2D eigenvalue weighted by atomic mass is 32.2. The van der Waals surface area contributed by atoms with Gasteiger partial charge < -0.3 is 5.32 Å². The lowest BCUT2D eigenvalue weighted by Gasteiger charge is -2.11. The van der Waals surface area contributed by atoms with Crippen LogP contribution in [0.15, 0.2) is 41.3 Å². The van der Waals surface area contributed by atoms with E-state index in [0.717, 1.165) is 17.0 Å². The van der Waals surface area contributed by atoms with Gasteiger partial charge >= 0.3 is 6.18 Å². The molecule has 0 aliphatic carbocycles. The van der Waals surface area contributed by atoms with E-state index < -0.39 is 11.9 Å². The summed E-state index contributed by atoms with van der Waals surface area (Å²) in [6, 6.07) is 10.8. The zero-order chi connectivity index (χ0) is 15.5. The minimum atomic E-state index is -4.55. The molecule has 7 heteroatoms. The summed E-state index contributed by atoms with van der Waals surface area (Å²) in [5.41, 5.74) is -0.409. The van der Waals surface area contributed by atoms with Crippen LogP contribution in [0.4, 0.5) is 24.7 Å². The third-order valence-corrected chi connectivity index (χ3v) is 3.36. The van der Waals surface area contributed by atoms with Gasteiger partial charge in [-0.2, -0.15) is 18.4 Å². The fraction of sp³-hybridized carbons (Fsp3) is 0.143. The number of nitrogens with zero attached hydrogens (tertiary/aromatic N) is 2. The Morgan fingerprint density at radius 2 is 2.00 bits per heavy atom. The largest absolute Gasteiger partial charge is 0.433 e. The normalized spacial score (nSPS) is 11.0. The molecule has 0 fully saturated rings. The number of anilines is 2. The Bertz CT molecular complexity index is 693. The molecule has 1 N–H and O–H groups in total. The van der Waals surface area contributed by atoms with Crippen molar-refractivity contribution in [1.82, 2.24) is 4.98 Å². The predicted molar refractivity (Wildman–Crippen MR) is 75.5 cm³/mol. The van der Waals surface area contributed by atoms with Crippen molar-refractivity contribution >= 4 is 23.3 Å². The van der Waals surface area contributed by atoms with Crippen LogP contribution in [0.3, 0.4) is 0 Å². The van der Waals surface area contributed by atoms with E-state index >= 15 is 0 Å².